The average molecular weight is 398 g/mol. The highest BCUT2D eigenvalue weighted by Gasteiger charge is 2.27. The molecule has 0 N–H and O–H groups in total. The number of hydrogen-bond acceptors (Lipinski definition) is 4. The van der Waals surface area contributed by atoms with Crippen LogP contribution in [0.5, 0.6) is 0 Å². The second-order valence-electron chi connectivity index (χ2n) is 6.43. The van der Waals surface area contributed by atoms with Crippen molar-refractivity contribution in [2.75, 3.05) is 14.2 Å². The topological polar surface area (TPSA) is 52.6 Å². The van der Waals surface area contributed by atoms with E-state index in [1.54, 1.807) is 18.2 Å². The number of allylic oxidation sites excluding steroid dienone is 11. The molecular weight excluding hydrogens is 376 g/mol. The van der Waals surface area contributed by atoms with Crippen LogP contribution in [0.1, 0.15) is 5.56 Å². The van der Waals surface area contributed by atoms with E-state index in [0.29, 0.717) is 5.57 Å². The number of fused-ring (bicyclic) bond motifs is 1. The molecular formula is C26H22O4. The molecule has 1 aromatic carbocycles. The molecule has 0 aromatic heterocycles. The molecule has 1 aromatic rings. The lowest BCUT2D eigenvalue weighted by molar-refractivity contribution is -0.138. The van der Waals surface area contributed by atoms with Crippen LogP contribution in [0.25, 0.3) is 6.08 Å². The number of esters is 2. The van der Waals surface area contributed by atoms with E-state index in [0.717, 1.165) is 16.7 Å². The molecule has 0 saturated heterocycles. The Hall–Kier alpha value is -3.92. The zero-order chi connectivity index (χ0) is 21.3. The summed E-state index contributed by atoms with van der Waals surface area (Å²) in [6, 6.07) is 9.88. The molecule has 0 amide bonds. The van der Waals surface area contributed by atoms with Gasteiger partial charge in [0.15, 0.2) is 0 Å². The van der Waals surface area contributed by atoms with Gasteiger partial charge in [0.25, 0.3) is 0 Å². The number of carbonyl (C=O) groups is 2. The molecule has 3 rings (SSSR count). The lowest BCUT2D eigenvalue weighted by Crippen LogP contribution is -2.15. The summed E-state index contributed by atoms with van der Waals surface area (Å²) < 4.78 is 9.92. The van der Waals surface area contributed by atoms with E-state index in [-0.39, 0.29) is 11.1 Å². The molecule has 0 bridgehead atoms. The summed E-state index contributed by atoms with van der Waals surface area (Å²) >= 11 is 0. The smallest absolute Gasteiger partial charge is 0.339 e. The molecule has 0 radical (unpaired) electrons. The van der Waals surface area contributed by atoms with E-state index in [2.05, 4.69) is 0 Å². The van der Waals surface area contributed by atoms with Crippen LogP contribution in [0.2, 0.25) is 0 Å². The van der Waals surface area contributed by atoms with Gasteiger partial charge in [0.1, 0.15) is 0 Å². The van der Waals surface area contributed by atoms with Crippen LogP contribution in [0.15, 0.2) is 119 Å². The number of hydrogen-bond donors (Lipinski definition) is 0. The van der Waals surface area contributed by atoms with Gasteiger partial charge in [-0.25, -0.2) is 9.59 Å². The zero-order valence-corrected chi connectivity index (χ0v) is 16.9. The van der Waals surface area contributed by atoms with Gasteiger partial charge < -0.3 is 9.47 Å². The van der Waals surface area contributed by atoms with Crippen molar-refractivity contribution in [3.05, 3.63) is 125 Å². The van der Waals surface area contributed by atoms with Gasteiger partial charge in [-0.15, -0.1) is 0 Å². The van der Waals surface area contributed by atoms with Crippen molar-refractivity contribution in [2.45, 2.75) is 0 Å². The van der Waals surface area contributed by atoms with E-state index in [9.17, 15) is 9.59 Å². The Morgan fingerprint density at radius 2 is 1.53 bits per heavy atom. The van der Waals surface area contributed by atoms with E-state index >= 15 is 0 Å². The summed E-state index contributed by atoms with van der Waals surface area (Å²) in [5, 5.41) is 0. The second-order valence-corrected chi connectivity index (χ2v) is 6.43. The summed E-state index contributed by atoms with van der Waals surface area (Å²) in [6.07, 6.45) is 20.4. The third-order valence-corrected chi connectivity index (χ3v) is 4.59. The van der Waals surface area contributed by atoms with Gasteiger partial charge in [-0.2, -0.15) is 0 Å². The Morgan fingerprint density at radius 1 is 0.800 bits per heavy atom. The zero-order valence-electron chi connectivity index (χ0n) is 16.9. The Morgan fingerprint density at radius 3 is 2.27 bits per heavy atom. The number of rotatable bonds is 5. The molecule has 0 fully saturated rings. The molecule has 4 heteroatoms. The highest BCUT2D eigenvalue weighted by atomic mass is 16.5. The highest BCUT2D eigenvalue weighted by Crippen LogP contribution is 2.32. The predicted octanol–water partition coefficient (Wildman–Crippen LogP) is 4.82. The first kappa shape index (κ1) is 20.8. The van der Waals surface area contributed by atoms with Gasteiger partial charge in [0.2, 0.25) is 0 Å². The van der Waals surface area contributed by atoms with Gasteiger partial charge in [-0.3, -0.25) is 0 Å². The molecule has 0 aliphatic heterocycles. The van der Waals surface area contributed by atoms with Crippen molar-refractivity contribution in [1.29, 1.82) is 0 Å². The van der Waals surface area contributed by atoms with Gasteiger partial charge in [-0.05, 0) is 28.4 Å². The predicted molar refractivity (Wildman–Crippen MR) is 118 cm³/mol. The van der Waals surface area contributed by atoms with E-state index in [4.69, 9.17) is 9.47 Å². The van der Waals surface area contributed by atoms with Crippen LogP contribution in [0.4, 0.5) is 0 Å². The summed E-state index contributed by atoms with van der Waals surface area (Å²) in [4.78, 5) is 25.1. The van der Waals surface area contributed by atoms with E-state index < -0.39 is 11.9 Å². The Bertz CT molecular complexity index is 1070. The molecule has 0 heterocycles. The lowest BCUT2D eigenvalue weighted by Gasteiger charge is -2.13. The molecule has 0 atom stereocenters. The maximum absolute atomic E-state index is 12.7. The van der Waals surface area contributed by atoms with Crippen LogP contribution in [0, 0.1) is 0 Å². The SMILES string of the molecule is COC(=O)C1=C(C(=O)OC)C(C=CC=Cc2ccccc2)=C2C=CC=CC=C2C=C1. The average Bonchev–Trinajstić information content (AvgIpc) is 3.10. The summed E-state index contributed by atoms with van der Waals surface area (Å²) in [5.74, 6) is -1.21. The fraction of sp³-hybridized carbons (Fsp3) is 0.0769. The second kappa shape index (κ2) is 10.0. The minimum absolute atomic E-state index is 0.148. The molecule has 0 unspecified atom stereocenters. The summed E-state index contributed by atoms with van der Waals surface area (Å²) in [6.45, 7) is 0. The van der Waals surface area contributed by atoms with Crippen molar-refractivity contribution < 1.29 is 19.1 Å². The molecule has 0 saturated carbocycles. The minimum atomic E-state index is -0.605. The van der Waals surface area contributed by atoms with E-state index in [1.807, 2.05) is 78.9 Å². The molecule has 30 heavy (non-hydrogen) atoms. The Kier molecular flexibility index (Phi) is 6.95. The van der Waals surface area contributed by atoms with E-state index in [1.165, 1.54) is 14.2 Å². The van der Waals surface area contributed by atoms with Gasteiger partial charge in [0, 0.05) is 0 Å². The fourth-order valence-corrected chi connectivity index (χ4v) is 3.15. The third kappa shape index (κ3) is 4.73. The first-order valence-corrected chi connectivity index (χ1v) is 9.44. The lowest BCUT2D eigenvalue weighted by atomic mass is 9.93. The summed E-state index contributed by atoms with van der Waals surface area (Å²) in [5.41, 5.74) is 3.62. The third-order valence-electron chi connectivity index (χ3n) is 4.59. The van der Waals surface area contributed by atoms with Crippen LogP contribution in [-0.2, 0) is 19.1 Å². The number of carbonyl (C=O) groups excluding carboxylic acids is 2. The van der Waals surface area contributed by atoms with Crippen molar-refractivity contribution in [1.82, 2.24) is 0 Å². The molecule has 4 nitrogen and oxygen atoms in total. The van der Waals surface area contributed by atoms with Crippen LogP contribution in [-0.4, -0.2) is 26.2 Å². The normalized spacial score (nSPS) is 15.9. The Balaban J connectivity index is 2.15. The van der Waals surface area contributed by atoms with Crippen molar-refractivity contribution >= 4 is 18.0 Å². The van der Waals surface area contributed by atoms with Crippen LogP contribution < -0.4 is 0 Å². The maximum Gasteiger partial charge on any atom is 0.339 e. The largest absolute Gasteiger partial charge is 0.465 e. The first-order chi connectivity index (χ1) is 14.7. The van der Waals surface area contributed by atoms with Crippen LogP contribution in [0.3, 0.4) is 0 Å². The molecule has 2 aliphatic carbocycles. The van der Waals surface area contributed by atoms with Crippen molar-refractivity contribution in [3.63, 3.8) is 0 Å². The van der Waals surface area contributed by atoms with Gasteiger partial charge in [0.05, 0.1) is 25.4 Å². The standard InChI is InChI=1S/C26H22O4/c1-29-25(27)23-18-17-20-14-7-4-8-15-21(20)22(24(23)26(28)30-2)16-10-9-13-19-11-5-3-6-12-19/h3-18H,1-2H3. The number of ether oxygens (including phenoxy) is 2. The van der Waals surface area contributed by atoms with Gasteiger partial charge in [-0.1, -0.05) is 91.1 Å². The minimum Gasteiger partial charge on any atom is -0.465 e. The molecule has 150 valence electrons. The highest BCUT2D eigenvalue weighted by molar-refractivity contribution is 6.07. The van der Waals surface area contributed by atoms with Crippen molar-refractivity contribution in [3.8, 4) is 0 Å². The Labute approximate surface area is 176 Å². The van der Waals surface area contributed by atoms with Gasteiger partial charge >= 0.3 is 11.9 Å². The number of methoxy groups -OCH3 is 2. The number of benzene rings is 1. The van der Waals surface area contributed by atoms with Crippen molar-refractivity contribution in [2.24, 2.45) is 0 Å². The quantitative estimate of drug-likeness (QED) is 0.527. The maximum atomic E-state index is 12.7. The molecule has 2 aliphatic rings. The van der Waals surface area contributed by atoms with Crippen LogP contribution >= 0.6 is 0 Å². The first-order valence-electron chi connectivity index (χ1n) is 9.44. The monoisotopic (exact) mass is 398 g/mol. The fourth-order valence-electron chi connectivity index (χ4n) is 3.15. The summed E-state index contributed by atoms with van der Waals surface area (Å²) in [7, 11) is 2.58. The molecule has 0 spiro atoms.